The van der Waals surface area contributed by atoms with Gasteiger partial charge in [0.25, 0.3) is 0 Å². The quantitative estimate of drug-likeness (QED) is 0.804. The summed E-state index contributed by atoms with van der Waals surface area (Å²) in [7, 11) is 2.41. The van der Waals surface area contributed by atoms with Crippen LogP contribution in [0.1, 0.15) is 5.56 Å². The zero-order valence-electron chi connectivity index (χ0n) is 9.50. The number of ether oxygens (including phenoxy) is 2. The predicted octanol–water partition coefficient (Wildman–Crippen LogP) is 1.02. The largest absolute Gasteiger partial charge is 0.494 e. The van der Waals surface area contributed by atoms with Crippen LogP contribution in [0.3, 0.4) is 0 Å². The standard InChI is InChI=1S/C11H13F2NO3/c1-16-10-5-7(12)6(3-8(10)13)4-9(14)11(15)17-2/h3,5,9H,4,14H2,1-2H3/t9-/m1/s1. The lowest BCUT2D eigenvalue weighted by Crippen LogP contribution is -2.33. The molecule has 1 aromatic rings. The van der Waals surface area contributed by atoms with Crippen molar-refractivity contribution in [3.8, 4) is 5.75 Å². The lowest BCUT2D eigenvalue weighted by atomic mass is 10.1. The third-order valence-corrected chi connectivity index (χ3v) is 2.26. The summed E-state index contributed by atoms with van der Waals surface area (Å²) >= 11 is 0. The molecule has 17 heavy (non-hydrogen) atoms. The molecule has 94 valence electrons. The molecule has 0 aliphatic carbocycles. The van der Waals surface area contributed by atoms with Gasteiger partial charge in [0.1, 0.15) is 11.9 Å². The molecule has 0 aliphatic rings. The fourth-order valence-corrected chi connectivity index (χ4v) is 1.35. The minimum Gasteiger partial charge on any atom is -0.494 e. The van der Waals surface area contributed by atoms with Gasteiger partial charge in [-0.15, -0.1) is 0 Å². The summed E-state index contributed by atoms with van der Waals surface area (Å²) < 4.78 is 35.8. The van der Waals surface area contributed by atoms with Crippen molar-refractivity contribution in [2.24, 2.45) is 5.73 Å². The maximum atomic E-state index is 13.5. The summed E-state index contributed by atoms with van der Waals surface area (Å²) in [6, 6.07) is 0.841. The molecule has 4 nitrogen and oxygen atoms in total. The van der Waals surface area contributed by atoms with Gasteiger partial charge in [-0.1, -0.05) is 0 Å². The van der Waals surface area contributed by atoms with Gasteiger partial charge in [-0.25, -0.2) is 8.78 Å². The second kappa shape index (κ2) is 5.58. The van der Waals surface area contributed by atoms with Crippen LogP contribution >= 0.6 is 0 Å². The molecular formula is C11H13F2NO3. The Morgan fingerprint density at radius 3 is 2.53 bits per heavy atom. The Kier molecular flexibility index (Phi) is 4.39. The summed E-state index contributed by atoms with van der Waals surface area (Å²) in [5, 5.41) is 0. The Morgan fingerprint density at radius 2 is 2.00 bits per heavy atom. The zero-order chi connectivity index (χ0) is 13.0. The summed E-state index contributed by atoms with van der Waals surface area (Å²) in [5.41, 5.74) is 5.46. The Bertz CT molecular complexity index is 423. The summed E-state index contributed by atoms with van der Waals surface area (Å²) in [6.45, 7) is 0. The summed E-state index contributed by atoms with van der Waals surface area (Å²) in [6.07, 6.45) is -0.139. The van der Waals surface area contributed by atoms with Gasteiger partial charge >= 0.3 is 5.97 Å². The minimum atomic E-state index is -1.03. The molecule has 2 N–H and O–H groups in total. The van der Waals surface area contributed by atoms with Crippen LogP contribution in [-0.4, -0.2) is 26.2 Å². The van der Waals surface area contributed by atoms with Crippen LogP contribution in [-0.2, 0) is 16.0 Å². The number of rotatable bonds is 4. The van der Waals surface area contributed by atoms with Gasteiger partial charge < -0.3 is 15.2 Å². The molecule has 0 heterocycles. The second-order valence-corrected chi connectivity index (χ2v) is 3.41. The monoisotopic (exact) mass is 245 g/mol. The molecule has 0 spiro atoms. The van der Waals surface area contributed by atoms with Gasteiger partial charge in [-0.05, 0) is 11.6 Å². The average Bonchev–Trinajstić information content (AvgIpc) is 2.32. The van der Waals surface area contributed by atoms with Gasteiger partial charge in [0.05, 0.1) is 14.2 Å². The highest BCUT2D eigenvalue weighted by Crippen LogP contribution is 2.22. The van der Waals surface area contributed by atoms with Crippen molar-refractivity contribution in [1.29, 1.82) is 0 Å². The molecule has 6 heteroatoms. The lowest BCUT2D eigenvalue weighted by Gasteiger charge is -2.11. The van der Waals surface area contributed by atoms with Crippen LogP contribution in [0.25, 0.3) is 0 Å². The highest BCUT2D eigenvalue weighted by molar-refractivity contribution is 5.75. The van der Waals surface area contributed by atoms with E-state index in [1.807, 2.05) is 0 Å². The van der Waals surface area contributed by atoms with E-state index in [0.29, 0.717) is 0 Å². The van der Waals surface area contributed by atoms with Crippen molar-refractivity contribution in [3.63, 3.8) is 0 Å². The Morgan fingerprint density at radius 1 is 1.35 bits per heavy atom. The first kappa shape index (κ1) is 13.4. The van der Waals surface area contributed by atoms with Gasteiger partial charge in [0.2, 0.25) is 0 Å². The fourth-order valence-electron chi connectivity index (χ4n) is 1.35. The van der Waals surface area contributed by atoms with Crippen molar-refractivity contribution in [2.45, 2.75) is 12.5 Å². The zero-order valence-corrected chi connectivity index (χ0v) is 9.50. The number of carbonyl (C=O) groups is 1. The Hall–Kier alpha value is -1.69. The molecule has 0 fully saturated rings. The molecule has 0 saturated carbocycles. The number of carbonyl (C=O) groups excluding carboxylic acids is 1. The normalized spacial score (nSPS) is 12.1. The average molecular weight is 245 g/mol. The molecule has 0 aromatic heterocycles. The maximum absolute atomic E-state index is 13.5. The molecule has 1 atom stereocenters. The molecule has 0 saturated heterocycles. The van der Waals surface area contributed by atoms with E-state index in [1.54, 1.807) is 0 Å². The molecule has 0 unspecified atom stereocenters. The highest BCUT2D eigenvalue weighted by Gasteiger charge is 2.18. The van der Waals surface area contributed by atoms with Crippen LogP contribution in [0.2, 0.25) is 0 Å². The van der Waals surface area contributed by atoms with E-state index >= 15 is 0 Å². The van der Waals surface area contributed by atoms with E-state index in [0.717, 1.165) is 12.1 Å². The van der Waals surface area contributed by atoms with Gasteiger partial charge in [0.15, 0.2) is 11.6 Å². The van der Waals surface area contributed by atoms with E-state index in [4.69, 9.17) is 5.73 Å². The van der Waals surface area contributed by atoms with E-state index < -0.39 is 23.6 Å². The first-order valence-electron chi connectivity index (χ1n) is 4.85. The van der Waals surface area contributed by atoms with Crippen LogP contribution in [0.15, 0.2) is 12.1 Å². The maximum Gasteiger partial charge on any atom is 0.322 e. The molecule has 0 radical (unpaired) electrons. The molecule has 0 aliphatic heterocycles. The number of halogens is 2. The van der Waals surface area contributed by atoms with E-state index in [9.17, 15) is 13.6 Å². The number of esters is 1. The van der Waals surface area contributed by atoms with E-state index in [2.05, 4.69) is 9.47 Å². The number of hydrogen-bond acceptors (Lipinski definition) is 4. The molecule has 0 bridgehead atoms. The number of benzene rings is 1. The van der Waals surface area contributed by atoms with Crippen molar-refractivity contribution in [3.05, 3.63) is 29.3 Å². The van der Waals surface area contributed by atoms with Crippen molar-refractivity contribution in [1.82, 2.24) is 0 Å². The van der Waals surface area contributed by atoms with Crippen molar-refractivity contribution >= 4 is 5.97 Å². The van der Waals surface area contributed by atoms with Gasteiger partial charge in [-0.3, -0.25) is 4.79 Å². The number of methoxy groups -OCH3 is 2. The van der Waals surface area contributed by atoms with Gasteiger partial charge in [-0.2, -0.15) is 0 Å². The molecule has 1 aromatic carbocycles. The third kappa shape index (κ3) is 3.13. The Balaban J connectivity index is 2.92. The van der Waals surface area contributed by atoms with E-state index in [1.165, 1.54) is 14.2 Å². The lowest BCUT2D eigenvalue weighted by molar-refractivity contribution is -0.142. The Labute approximate surface area is 97.3 Å². The van der Waals surface area contributed by atoms with Crippen molar-refractivity contribution < 1.29 is 23.0 Å². The first-order chi connectivity index (χ1) is 7.99. The second-order valence-electron chi connectivity index (χ2n) is 3.41. The number of nitrogens with two attached hydrogens (primary N) is 1. The smallest absolute Gasteiger partial charge is 0.322 e. The van der Waals surface area contributed by atoms with Crippen molar-refractivity contribution in [2.75, 3.05) is 14.2 Å². The van der Waals surface area contributed by atoms with E-state index in [-0.39, 0.29) is 17.7 Å². The minimum absolute atomic E-state index is 0.00111. The van der Waals surface area contributed by atoms with Gasteiger partial charge in [0, 0.05) is 12.5 Å². The molecule has 0 amide bonds. The fraction of sp³-hybridized carbons (Fsp3) is 0.364. The molecule has 1 rings (SSSR count). The molecular weight excluding hydrogens is 232 g/mol. The van der Waals surface area contributed by atoms with Crippen LogP contribution < -0.4 is 10.5 Å². The summed E-state index contributed by atoms with van der Waals surface area (Å²) in [5.74, 6) is -2.26. The summed E-state index contributed by atoms with van der Waals surface area (Å²) in [4.78, 5) is 11.0. The van der Waals surface area contributed by atoms with Crippen LogP contribution in [0.4, 0.5) is 8.78 Å². The first-order valence-corrected chi connectivity index (χ1v) is 4.85. The number of hydrogen-bond donors (Lipinski definition) is 1. The van der Waals surface area contributed by atoms with Crippen LogP contribution in [0.5, 0.6) is 5.75 Å². The topological polar surface area (TPSA) is 61.5 Å². The van der Waals surface area contributed by atoms with Crippen LogP contribution in [0, 0.1) is 11.6 Å². The SMILES string of the molecule is COC(=O)[C@H](N)Cc1cc(F)c(OC)cc1F. The predicted molar refractivity (Wildman–Crippen MR) is 56.6 cm³/mol. The third-order valence-electron chi connectivity index (χ3n) is 2.26. The highest BCUT2D eigenvalue weighted by atomic mass is 19.1.